The summed E-state index contributed by atoms with van der Waals surface area (Å²) in [5.74, 6) is 0.770. The van der Waals surface area contributed by atoms with Crippen molar-refractivity contribution in [1.82, 2.24) is 5.32 Å². The van der Waals surface area contributed by atoms with Gasteiger partial charge in [-0.25, -0.2) is 0 Å². The SMILES string of the molecule is CC(C)(C)C1CNC2CCCCC2CO1. The van der Waals surface area contributed by atoms with E-state index in [2.05, 4.69) is 26.1 Å². The standard InChI is InChI=1S/C13H25NO/c1-13(2,3)12-8-14-11-7-5-4-6-10(11)9-15-12/h10-12,14H,4-9H2,1-3H3. The minimum atomic E-state index is 0.264. The van der Waals surface area contributed by atoms with Crippen molar-refractivity contribution in [2.45, 2.75) is 58.6 Å². The molecule has 1 aliphatic heterocycles. The first-order valence-electron chi connectivity index (χ1n) is 6.42. The zero-order valence-electron chi connectivity index (χ0n) is 10.4. The first-order valence-corrected chi connectivity index (χ1v) is 6.42. The van der Waals surface area contributed by atoms with E-state index < -0.39 is 0 Å². The fourth-order valence-corrected chi connectivity index (χ4v) is 2.79. The van der Waals surface area contributed by atoms with Crippen LogP contribution in [0.1, 0.15) is 46.5 Å². The highest BCUT2D eigenvalue weighted by molar-refractivity contribution is 4.87. The second-order valence-electron chi connectivity index (χ2n) is 6.25. The summed E-state index contributed by atoms with van der Waals surface area (Å²) in [5, 5.41) is 3.72. The molecule has 0 aromatic heterocycles. The summed E-state index contributed by atoms with van der Waals surface area (Å²) in [5.41, 5.74) is 0.264. The molecule has 1 aliphatic carbocycles. The van der Waals surface area contributed by atoms with Crippen LogP contribution in [-0.4, -0.2) is 25.3 Å². The molecular weight excluding hydrogens is 186 g/mol. The fraction of sp³-hybridized carbons (Fsp3) is 1.00. The van der Waals surface area contributed by atoms with Gasteiger partial charge in [0.1, 0.15) is 0 Å². The van der Waals surface area contributed by atoms with Gasteiger partial charge in [-0.2, -0.15) is 0 Å². The highest BCUT2D eigenvalue weighted by Crippen LogP contribution is 2.30. The Morgan fingerprint density at radius 3 is 2.60 bits per heavy atom. The molecule has 2 rings (SSSR count). The number of hydrogen-bond donors (Lipinski definition) is 1. The van der Waals surface area contributed by atoms with Crippen LogP contribution in [0.15, 0.2) is 0 Å². The first kappa shape index (κ1) is 11.4. The van der Waals surface area contributed by atoms with Crippen LogP contribution in [0, 0.1) is 11.3 Å². The fourth-order valence-electron chi connectivity index (χ4n) is 2.79. The van der Waals surface area contributed by atoms with E-state index >= 15 is 0 Å². The Kier molecular flexibility index (Phi) is 3.36. The number of nitrogens with one attached hydrogen (secondary N) is 1. The second-order valence-corrected chi connectivity index (χ2v) is 6.25. The molecule has 0 spiro atoms. The van der Waals surface area contributed by atoms with Gasteiger partial charge in [0.2, 0.25) is 0 Å². The summed E-state index contributed by atoms with van der Waals surface area (Å²) < 4.78 is 6.07. The zero-order chi connectivity index (χ0) is 10.9. The van der Waals surface area contributed by atoms with Crippen LogP contribution in [0.4, 0.5) is 0 Å². The summed E-state index contributed by atoms with van der Waals surface area (Å²) in [6.07, 6.45) is 5.88. The number of ether oxygens (including phenoxy) is 1. The van der Waals surface area contributed by atoms with Crippen LogP contribution < -0.4 is 5.32 Å². The maximum absolute atomic E-state index is 6.07. The Morgan fingerprint density at radius 2 is 1.87 bits per heavy atom. The normalized spacial score (nSPS) is 38.2. The van der Waals surface area contributed by atoms with Crippen molar-refractivity contribution in [3.05, 3.63) is 0 Å². The van der Waals surface area contributed by atoms with E-state index in [0.717, 1.165) is 25.1 Å². The lowest BCUT2D eigenvalue weighted by atomic mass is 9.85. The molecule has 2 nitrogen and oxygen atoms in total. The lowest BCUT2D eigenvalue weighted by Crippen LogP contribution is -2.41. The van der Waals surface area contributed by atoms with Gasteiger partial charge in [-0.1, -0.05) is 33.6 Å². The average molecular weight is 211 g/mol. The van der Waals surface area contributed by atoms with Crippen LogP contribution in [0.25, 0.3) is 0 Å². The van der Waals surface area contributed by atoms with E-state index in [-0.39, 0.29) is 5.41 Å². The number of rotatable bonds is 0. The van der Waals surface area contributed by atoms with Crippen LogP contribution in [0.3, 0.4) is 0 Å². The molecule has 0 aromatic carbocycles. The van der Waals surface area contributed by atoms with E-state index in [9.17, 15) is 0 Å². The molecule has 0 radical (unpaired) electrons. The van der Waals surface area contributed by atoms with Gasteiger partial charge in [0, 0.05) is 12.6 Å². The number of hydrogen-bond acceptors (Lipinski definition) is 2. The molecule has 2 heteroatoms. The minimum absolute atomic E-state index is 0.264. The van der Waals surface area contributed by atoms with Crippen molar-refractivity contribution in [2.75, 3.05) is 13.2 Å². The Balaban J connectivity index is 1.96. The third-order valence-electron chi connectivity index (χ3n) is 3.95. The highest BCUT2D eigenvalue weighted by atomic mass is 16.5. The summed E-state index contributed by atoms with van der Waals surface area (Å²) in [6, 6.07) is 0.728. The lowest BCUT2D eigenvalue weighted by Gasteiger charge is -2.29. The summed E-state index contributed by atoms with van der Waals surface area (Å²) in [4.78, 5) is 0. The molecule has 1 saturated heterocycles. The summed E-state index contributed by atoms with van der Waals surface area (Å²) >= 11 is 0. The van der Waals surface area contributed by atoms with Gasteiger partial charge in [0.15, 0.2) is 0 Å². The maximum atomic E-state index is 6.07. The van der Waals surface area contributed by atoms with Crippen LogP contribution in [0.5, 0.6) is 0 Å². The van der Waals surface area contributed by atoms with Crippen molar-refractivity contribution < 1.29 is 4.74 Å². The van der Waals surface area contributed by atoms with Gasteiger partial charge in [-0.05, 0) is 24.2 Å². The zero-order valence-corrected chi connectivity index (χ0v) is 10.4. The maximum Gasteiger partial charge on any atom is 0.0747 e. The molecule has 0 aromatic rings. The molecule has 3 atom stereocenters. The van der Waals surface area contributed by atoms with Crippen LogP contribution in [0.2, 0.25) is 0 Å². The van der Waals surface area contributed by atoms with Gasteiger partial charge in [0.05, 0.1) is 12.7 Å². The third-order valence-corrected chi connectivity index (χ3v) is 3.95. The highest BCUT2D eigenvalue weighted by Gasteiger charge is 2.33. The minimum Gasteiger partial charge on any atom is -0.376 e. The Morgan fingerprint density at radius 1 is 1.13 bits per heavy atom. The molecule has 1 heterocycles. The molecule has 15 heavy (non-hydrogen) atoms. The molecule has 2 fully saturated rings. The summed E-state index contributed by atoms with van der Waals surface area (Å²) in [7, 11) is 0. The van der Waals surface area contributed by atoms with E-state index in [1.807, 2.05) is 0 Å². The van der Waals surface area contributed by atoms with Gasteiger partial charge >= 0.3 is 0 Å². The van der Waals surface area contributed by atoms with E-state index in [1.165, 1.54) is 25.7 Å². The Labute approximate surface area is 93.8 Å². The van der Waals surface area contributed by atoms with Crippen molar-refractivity contribution >= 4 is 0 Å². The molecule has 88 valence electrons. The Bertz CT molecular complexity index is 193. The van der Waals surface area contributed by atoms with Gasteiger partial charge in [-0.3, -0.25) is 0 Å². The predicted octanol–water partition coefficient (Wildman–Crippen LogP) is 2.58. The van der Waals surface area contributed by atoms with Crippen molar-refractivity contribution in [1.29, 1.82) is 0 Å². The van der Waals surface area contributed by atoms with Crippen molar-refractivity contribution in [3.63, 3.8) is 0 Å². The molecule has 2 aliphatic rings. The van der Waals surface area contributed by atoms with Crippen molar-refractivity contribution in [3.8, 4) is 0 Å². The van der Waals surface area contributed by atoms with Gasteiger partial charge < -0.3 is 10.1 Å². The van der Waals surface area contributed by atoms with Crippen molar-refractivity contribution in [2.24, 2.45) is 11.3 Å². The summed E-state index contributed by atoms with van der Waals surface area (Å²) in [6.45, 7) is 8.82. The molecule has 1 N–H and O–H groups in total. The quantitative estimate of drug-likeness (QED) is 0.665. The first-order chi connectivity index (χ1) is 7.07. The molecule has 1 saturated carbocycles. The topological polar surface area (TPSA) is 21.3 Å². The predicted molar refractivity (Wildman–Crippen MR) is 62.9 cm³/mol. The van der Waals surface area contributed by atoms with Gasteiger partial charge in [0.25, 0.3) is 0 Å². The monoisotopic (exact) mass is 211 g/mol. The van der Waals surface area contributed by atoms with Crippen LogP contribution in [-0.2, 0) is 4.74 Å². The van der Waals surface area contributed by atoms with E-state index in [4.69, 9.17) is 4.74 Å². The molecular formula is C13H25NO. The van der Waals surface area contributed by atoms with Gasteiger partial charge in [-0.15, -0.1) is 0 Å². The third kappa shape index (κ3) is 2.73. The van der Waals surface area contributed by atoms with E-state index in [1.54, 1.807) is 0 Å². The average Bonchev–Trinajstić information content (AvgIpc) is 2.38. The Hall–Kier alpha value is -0.0800. The molecule has 0 amide bonds. The van der Waals surface area contributed by atoms with Crippen LogP contribution >= 0.6 is 0 Å². The van der Waals surface area contributed by atoms with E-state index in [0.29, 0.717) is 6.10 Å². The second kappa shape index (κ2) is 4.42. The lowest BCUT2D eigenvalue weighted by molar-refractivity contribution is -0.0202. The largest absolute Gasteiger partial charge is 0.376 e. The molecule has 3 unspecified atom stereocenters. The smallest absolute Gasteiger partial charge is 0.0747 e. The number of fused-ring (bicyclic) bond motifs is 1. The molecule has 0 bridgehead atoms.